The molecular weight excluding hydrogens is 274 g/mol. The molecule has 0 saturated heterocycles. The predicted molar refractivity (Wildman–Crippen MR) is 86.2 cm³/mol. The van der Waals surface area contributed by atoms with E-state index >= 15 is 0 Å². The number of anilines is 1. The lowest BCUT2D eigenvalue weighted by atomic mass is 9.91. The van der Waals surface area contributed by atoms with Crippen LogP contribution in [0.15, 0.2) is 30.3 Å². The highest BCUT2D eigenvalue weighted by molar-refractivity contribution is 5.83. The number of aromatic nitrogens is 4. The van der Waals surface area contributed by atoms with E-state index in [4.69, 9.17) is 10.7 Å². The summed E-state index contributed by atoms with van der Waals surface area (Å²) in [6.45, 7) is 2.24. The first-order valence-corrected chi connectivity index (χ1v) is 7.59. The Labute approximate surface area is 128 Å². The SMILES string of the molecule is C[C@H]1CCc2nc3nc(-c4ccccc4)nc(N)c3nc2C1. The van der Waals surface area contributed by atoms with Crippen LogP contribution in [-0.2, 0) is 12.8 Å². The van der Waals surface area contributed by atoms with Gasteiger partial charge >= 0.3 is 0 Å². The molecule has 4 rings (SSSR count). The van der Waals surface area contributed by atoms with Crippen LogP contribution in [0.2, 0.25) is 0 Å². The fraction of sp³-hybridized carbons (Fsp3) is 0.294. The third kappa shape index (κ3) is 2.19. The van der Waals surface area contributed by atoms with Crippen LogP contribution in [0.25, 0.3) is 22.6 Å². The van der Waals surface area contributed by atoms with E-state index in [-0.39, 0.29) is 0 Å². The molecule has 1 atom stereocenters. The zero-order chi connectivity index (χ0) is 15.1. The van der Waals surface area contributed by atoms with Gasteiger partial charge in [-0.25, -0.2) is 19.9 Å². The smallest absolute Gasteiger partial charge is 0.184 e. The van der Waals surface area contributed by atoms with Crippen molar-refractivity contribution >= 4 is 17.0 Å². The standard InChI is InChI=1S/C17H17N5/c1-10-7-8-12-13(9-10)19-14-15(18)21-16(22-17(14)20-12)11-5-3-2-4-6-11/h2-6,10H,7-9H2,1H3,(H2,18,20,21,22)/t10-/m0/s1. The van der Waals surface area contributed by atoms with Crippen molar-refractivity contribution in [2.24, 2.45) is 5.92 Å². The van der Waals surface area contributed by atoms with Gasteiger partial charge < -0.3 is 5.73 Å². The molecule has 0 unspecified atom stereocenters. The number of nitrogens with zero attached hydrogens (tertiary/aromatic N) is 4. The van der Waals surface area contributed by atoms with Crippen LogP contribution in [-0.4, -0.2) is 19.9 Å². The lowest BCUT2D eigenvalue weighted by molar-refractivity contribution is 0.486. The minimum Gasteiger partial charge on any atom is -0.382 e. The summed E-state index contributed by atoms with van der Waals surface area (Å²) in [6, 6.07) is 9.81. The normalized spacial score (nSPS) is 17.4. The summed E-state index contributed by atoms with van der Waals surface area (Å²) < 4.78 is 0. The van der Waals surface area contributed by atoms with Crippen LogP contribution in [0.4, 0.5) is 5.82 Å². The fourth-order valence-corrected chi connectivity index (χ4v) is 2.93. The molecule has 3 aromatic rings. The zero-order valence-corrected chi connectivity index (χ0v) is 12.5. The van der Waals surface area contributed by atoms with Crippen molar-refractivity contribution in [3.63, 3.8) is 0 Å². The van der Waals surface area contributed by atoms with Crippen molar-refractivity contribution in [2.45, 2.75) is 26.2 Å². The second kappa shape index (κ2) is 5.02. The van der Waals surface area contributed by atoms with Gasteiger partial charge in [0.2, 0.25) is 0 Å². The topological polar surface area (TPSA) is 77.6 Å². The molecule has 0 amide bonds. The van der Waals surface area contributed by atoms with E-state index in [0.717, 1.165) is 36.2 Å². The van der Waals surface area contributed by atoms with Crippen molar-refractivity contribution in [2.75, 3.05) is 5.73 Å². The summed E-state index contributed by atoms with van der Waals surface area (Å²) in [4.78, 5) is 18.4. The van der Waals surface area contributed by atoms with Crippen molar-refractivity contribution in [3.05, 3.63) is 41.7 Å². The Morgan fingerprint density at radius 2 is 1.82 bits per heavy atom. The van der Waals surface area contributed by atoms with Gasteiger partial charge in [0.05, 0.1) is 11.4 Å². The van der Waals surface area contributed by atoms with Gasteiger partial charge in [0.25, 0.3) is 0 Å². The Morgan fingerprint density at radius 3 is 2.64 bits per heavy atom. The maximum atomic E-state index is 6.11. The summed E-state index contributed by atoms with van der Waals surface area (Å²) in [6.07, 6.45) is 3.07. The molecule has 0 spiro atoms. The average Bonchev–Trinajstić information content (AvgIpc) is 2.54. The molecule has 1 aliphatic carbocycles. The molecule has 0 aliphatic heterocycles. The highest BCUT2D eigenvalue weighted by Crippen LogP contribution is 2.26. The summed E-state index contributed by atoms with van der Waals surface area (Å²) in [5, 5.41) is 0. The summed E-state index contributed by atoms with van der Waals surface area (Å²) in [7, 11) is 0. The number of hydrogen-bond acceptors (Lipinski definition) is 5. The van der Waals surface area contributed by atoms with Gasteiger partial charge in [-0.2, -0.15) is 0 Å². The van der Waals surface area contributed by atoms with Gasteiger partial charge in [0, 0.05) is 5.56 Å². The molecule has 0 saturated carbocycles. The van der Waals surface area contributed by atoms with E-state index in [9.17, 15) is 0 Å². The number of nitrogens with two attached hydrogens (primary N) is 1. The number of rotatable bonds is 1. The van der Waals surface area contributed by atoms with E-state index in [1.54, 1.807) is 0 Å². The molecule has 0 fully saturated rings. The zero-order valence-electron chi connectivity index (χ0n) is 12.5. The number of benzene rings is 1. The highest BCUT2D eigenvalue weighted by Gasteiger charge is 2.20. The largest absolute Gasteiger partial charge is 0.382 e. The van der Waals surface area contributed by atoms with E-state index in [0.29, 0.717) is 28.7 Å². The second-order valence-electron chi connectivity index (χ2n) is 5.94. The molecule has 0 bridgehead atoms. The van der Waals surface area contributed by atoms with Gasteiger partial charge in [-0.15, -0.1) is 0 Å². The Hall–Kier alpha value is -2.56. The Bertz CT molecular complexity index is 845. The molecule has 2 heterocycles. The van der Waals surface area contributed by atoms with Crippen molar-refractivity contribution in [1.82, 2.24) is 19.9 Å². The molecule has 5 heteroatoms. The molecule has 1 aromatic carbocycles. The Balaban J connectivity index is 1.90. The van der Waals surface area contributed by atoms with Crippen molar-refractivity contribution < 1.29 is 0 Å². The number of hydrogen-bond donors (Lipinski definition) is 1. The maximum Gasteiger partial charge on any atom is 0.184 e. The van der Waals surface area contributed by atoms with E-state index in [2.05, 4.69) is 21.9 Å². The van der Waals surface area contributed by atoms with Crippen LogP contribution in [0, 0.1) is 5.92 Å². The maximum absolute atomic E-state index is 6.11. The molecule has 1 aliphatic rings. The average molecular weight is 291 g/mol. The number of nitrogen functional groups attached to an aromatic ring is 1. The first-order valence-electron chi connectivity index (χ1n) is 7.59. The lowest BCUT2D eigenvalue weighted by Gasteiger charge is -2.20. The van der Waals surface area contributed by atoms with Gasteiger partial charge in [0.15, 0.2) is 22.8 Å². The quantitative estimate of drug-likeness (QED) is 0.746. The third-order valence-corrected chi connectivity index (χ3v) is 4.16. The number of aryl methyl sites for hydroxylation is 1. The highest BCUT2D eigenvalue weighted by atomic mass is 15.0. The van der Waals surface area contributed by atoms with Gasteiger partial charge in [-0.05, 0) is 25.2 Å². The molecule has 0 radical (unpaired) electrons. The summed E-state index contributed by atoms with van der Waals surface area (Å²) in [5.41, 5.74) is 10.4. The molecule has 110 valence electrons. The van der Waals surface area contributed by atoms with Crippen LogP contribution in [0.3, 0.4) is 0 Å². The van der Waals surface area contributed by atoms with E-state index in [1.807, 2.05) is 30.3 Å². The van der Waals surface area contributed by atoms with Crippen molar-refractivity contribution in [1.29, 1.82) is 0 Å². The molecule has 22 heavy (non-hydrogen) atoms. The summed E-state index contributed by atoms with van der Waals surface area (Å²) >= 11 is 0. The first-order chi connectivity index (χ1) is 10.7. The van der Waals surface area contributed by atoms with E-state index < -0.39 is 0 Å². The van der Waals surface area contributed by atoms with Gasteiger partial charge in [-0.3, -0.25) is 0 Å². The molecule has 2 N–H and O–H groups in total. The number of fused-ring (bicyclic) bond motifs is 2. The fourth-order valence-electron chi connectivity index (χ4n) is 2.93. The Kier molecular flexibility index (Phi) is 2.99. The molecular formula is C17H17N5. The minimum absolute atomic E-state index is 0.400. The van der Waals surface area contributed by atoms with E-state index in [1.165, 1.54) is 0 Å². The minimum atomic E-state index is 0.400. The predicted octanol–water partition coefficient (Wildman–Crippen LogP) is 2.79. The van der Waals surface area contributed by atoms with Crippen molar-refractivity contribution in [3.8, 4) is 11.4 Å². The van der Waals surface area contributed by atoms with Crippen LogP contribution >= 0.6 is 0 Å². The van der Waals surface area contributed by atoms with Crippen LogP contribution < -0.4 is 5.73 Å². The monoisotopic (exact) mass is 291 g/mol. The van der Waals surface area contributed by atoms with Crippen LogP contribution in [0.5, 0.6) is 0 Å². The molecule has 2 aromatic heterocycles. The summed E-state index contributed by atoms with van der Waals surface area (Å²) in [5.74, 6) is 1.64. The van der Waals surface area contributed by atoms with Crippen LogP contribution in [0.1, 0.15) is 24.7 Å². The van der Waals surface area contributed by atoms with Gasteiger partial charge in [0.1, 0.15) is 0 Å². The lowest BCUT2D eigenvalue weighted by Crippen LogP contribution is -2.16. The third-order valence-electron chi connectivity index (χ3n) is 4.16. The Morgan fingerprint density at radius 1 is 1.00 bits per heavy atom. The second-order valence-corrected chi connectivity index (χ2v) is 5.94. The van der Waals surface area contributed by atoms with Gasteiger partial charge in [-0.1, -0.05) is 37.3 Å². The first kappa shape index (κ1) is 13.1. The molecule has 5 nitrogen and oxygen atoms in total.